The van der Waals surface area contributed by atoms with Gasteiger partial charge in [0, 0.05) is 103 Å². The fourth-order valence-corrected chi connectivity index (χ4v) is 19.1. The number of methoxy groups -OCH3 is 7. The van der Waals surface area contributed by atoms with Gasteiger partial charge in [-0.05, 0) is 61.0 Å². The minimum absolute atomic E-state index is 0.00345. The molecule has 12 rings (SSSR count). The van der Waals surface area contributed by atoms with Crippen molar-refractivity contribution in [1.29, 1.82) is 0 Å². The third-order valence-corrected chi connectivity index (χ3v) is 25.7. The number of aliphatic hydroxyl groups excluding tert-OH is 4. The van der Waals surface area contributed by atoms with Crippen molar-refractivity contribution in [3.8, 4) is 11.5 Å². The van der Waals surface area contributed by atoms with E-state index in [9.17, 15) is 45.5 Å². The summed E-state index contributed by atoms with van der Waals surface area (Å²) >= 11 is 12.8. The molecule has 36 nitrogen and oxygen atoms in total. The van der Waals surface area contributed by atoms with Gasteiger partial charge in [0.25, 0.3) is 5.54 Å². The van der Waals surface area contributed by atoms with Gasteiger partial charge in [-0.2, -0.15) is 0 Å². The monoisotopic (exact) mass is 1630 g/mol. The number of carbonyl (C=O) groups is 1. The highest BCUT2D eigenvalue weighted by Gasteiger charge is 2.71. The average molecular weight is 1640 g/mol. The number of rotatable bonds is 28. The van der Waals surface area contributed by atoms with Crippen molar-refractivity contribution in [1.82, 2.24) is 0 Å². The third-order valence-electron chi connectivity index (χ3n) is 24.9. The molecule has 11 aliphatic rings. The maximum Gasteiger partial charge on any atom is 0.342 e. The number of carbonyl (C=O) groups excluding carboxylic acids is 1. The summed E-state index contributed by atoms with van der Waals surface area (Å²) in [7, 11) is 10.1. The molecule has 6 N–H and O–H groups in total. The number of phenolic OH excluding ortho intramolecular Hbond substituents is 1. The zero-order chi connectivity index (χ0) is 80.3. The standard InChI is InChI=1S/C73H113Cl2NO35/c1-31-50(61(91-15)52(75)55(80)51(31)74)66(82)107-56-34(4)102-48(17-38(56)21-95-49-20-69(8,76(84)85)63(92-16)36(6)103-49)96-22-39-32(2)108-71(19-43(39)77)18-42-33(3)104-68(62(81)70(42,9)111-71)98-24-41-54(79)67(105-35(5)57(41)88-12)97-23-40-44(25-86-10)106-46(58(89-13)53(40)78)27-93-26-45-59(90-14)60-47(28-94-45)109-73(110-60)65-64(99-30-100-65)72(83,29-101-73)37(7)87-11/h32-49,53-54,56-60,62-65,67-68,77-81,83H,17-30H2,1-16H3. The molecule has 36 atom stereocenters. The van der Waals surface area contributed by atoms with E-state index in [0.29, 0.717) is 0 Å². The Hall–Kier alpha value is -2.89. The van der Waals surface area contributed by atoms with Gasteiger partial charge < -0.3 is 154 Å². The van der Waals surface area contributed by atoms with Crippen LogP contribution in [0.5, 0.6) is 11.5 Å². The summed E-state index contributed by atoms with van der Waals surface area (Å²) in [5.41, 5.74) is -4.48. The van der Waals surface area contributed by atoms with E-state index in [4.69, 9.17) is 146 Å². The number of aromatic hydroxyl groups is 1. The molecular weight excluding hydrogens is 1520 g/mol. The van der Waals surface area contributed by atoms with Gasteiger partial charge in [0.15, 0.2) is 54.7 Å². The number of nitrogens with zero attached hydrogens (tertiary/aromatic N) is 1. The Morgan fingerprint density at radius 3 is 1.99 bits per heavy atom. The molecule has 2 spiro atoms. The predicted molar refractivity (Wildman–Crippen MR) is 377 cm³/mol. The summed E-state index contributed by atoms with van der Waals surface area (Å²) in [6, 6.07) is 0. The van der Waals surface area contributed by atoms with Gasteiger partial charge in [-0.15, -0.1) is 0 Å². The number of nitro groups is 1. The van der Waals surface area contributed by atoms with Gasteiger partial charge >= 0.3 is 11.9 Å². The van der Waals surface area contributed by atoms with Crippen molar-refractivity contribution in [3.63, 3.8) is 0 Å². The van der Waals surface area contributed by atoms with Gasteiger partial charge in [-0.1, -0.05) is 23.2 Å². The zero-order valence-electron chi connectivity index (χ0n) is 65.5. The number of esters is 1. The molecule has 0 aliphatic carbocycles. The molecule has 11 heterocycles. The van der Waals surface area contributed by atoms with Crippen LogP contribution < -0.4 is 4.74 Å². The lowest BCUT2D eigenvalue weighted by molar-refractivity contribution is -0.594. The van der Waals surface area contributed by atoms with E-state index in [1.807, 2.05) is 6.92 Å². The second kappa shape index (κ2) is 35.6. The fraction of sp³-hybridized carbons (Fsp3) is 0.904. The first-order valence-electron chi connectivity index (χ1n) is 37.9. The molecule has 111 heavy (non-hydrogen) atoms. The summed E-state index contributed by atoms with van der Waals surface area (Å²) in [4.78, 5) is 26.3. The van der Waals surface area contributed by atoms with Gasteiger partial charge in [-0.25, -0.2) is 4.79 Å². The number of fused-ring (bicyclic) bond motifs is 4. The van der Waals surface area contributed by atoms with E-state index >= 15 is 0 Å². The van der Waals surface area contributed by atoms with Crippen molar-refractivity contribution in [3.05, 3.63) is 31.3 Å². The molecule has 0 radical (unpaired) electrons. The SMILES string of the molecule is COCC1OC(COCC2OCC3OC4(OCC(O)(C(C)OC)C5OCOC54)OC3C2OC)C(OC)C(O)C1COC1OC(C)C(OC)C(COC2OC(C)C3CC4(CC(O)C(COC5CC(COC6CC(C)([N+](=O)[O-])C(OC)C(C)O6)C(OC(=O)c6c(C)c(Cl)c(O)c(Cl)c6OC)C(C)O5)C(C)O4)OC3(C)C2O)C1O. The molecule has 0 saturated carbocycles. The highest BCUT2D eigenvalue weighted by atomic mass is 35.5. The fourth-order valence-electron chi connectivity index (χ4n) is 18.6. The first-order valence-corrected chi connectivity index (χ1v) is 38.7. The normalized spacial score (nSPS) is 46.7. The maximum absolute atomic E-state index is 14.2. The van der Waals surface area contributed by atoms with Crippen LogP contribution in [-0.4, -0.2) is 346 Å². The van der Waals surface area contributed by atoms with E-state index in [-0.39, 0.29) is 119 Å². The van der Waals surface area contributed by atoms with Crippen LogP contribution in [-0.2, 0) is 118 Å². The predicted octanol–water partition coefficient (Wildman–Crippen LogP) is 2.48. The minimum atomic E-state index is -1.73. The van der Waals surface area contributed by atoms with Crippen LogP contribution in [0.4, 0.5) is 0 Å². The first-order chi connectivity index (χ1) is 52.7. The number of benzene rings is 1. The van der Waals surface area contributed by atoms with Crippen molar-refractivity contribution in [2.24, 2.45) is 29.6 Å². The lowest BCUT2D eigenvalue weighted by Gasteiger charge is -2.49. The van der Waals surface area contributed by atoms with Crippen LogP contribution >= 0.6 is 23.2 Å². The molecule has 11 saturated heterocycles. The zero-order valence-corrected chi connectivity index (χ0v) is 67.0. The average Bonchev–Trinajstić information content (AvgIpc) is 1.58. The first kappa shape index (κ1) is 87.4. The van der Waals surface area contributed by atoms with Crippen LogP contribution in [0.3, 0.4) is 0 Å². The summed E-state index contributed by atoms with van der Waals surface area (Å²) in [6.45, 7) is 14.2. The molecule has 0 aromatic heterocycles. The largest absolute Gasteiger partial charge is 0.505 e. The van der Waals surface area contributed by atoms with Crippen molar-refractivity contribution < 1.29 is 164 Å². The number of phenols is 1. The Balaban J connectivity index is 0.638. The van der Waals surface area contributed by atoms with Crippen LogP contribution in [0, 0.1) is 46.6 Å². The number of halogens is 2. The van der Waals surface area contributed by atoms with Crippen molar-refractivity contribution in [2.45, 2.75) is 276 Å². The maximum atomic E-state index is 14.2. The summed E-state index contributed by atoms with van der Waals surface area (Å²) in [5.74, 6) is -8.09. The Bertz CT molecular complexity index is 3290. The van der Waals surface area contributed by atoms with E-state index in [1.165, 1.54) is 63.6 Å². The molecule has 1 aromatic rings. The summed E-state index contributed by atoms with van der Waals surface area (Å²) in [6.07, 6.45) is -23.6. The van der Waals surface area contributed by atoms with Crippen LogP contribution in [0.25, 0.3) is 0 Å². The lowest BCUT2D eigenvalue weighted by atomic mass is 9.76. The van der Waals surface area contributed by atoms with E-state index in [0.717, 1.165) is 0 Å². The number of hydrogen-bond acceptors (Lipinski definition) is 35. The van der Waals surface area contributed by atoms with E-state index in [2.05, 4.69) is 0 Å². The Morgan fingerprint density at radius 1 is 0.658 bits per heavy atom. The van der Waals surface area contributed by atoms with Gasteiger partial charge in [-0.3, -0.25) is 10.1 Å². The number of hydrogen-bond donors (Lipinski definition) is 6. The number of aliphatic hydroxyl groups is 5. The lowest BCUT2D eigenvalue weighted by Crippen LogP contribution is -2.69. The van der Waals surface area contributed by atoms with Crippen molar-refractivity contribution >= 4 is 29.2 Å². The topological polar surface area (TPSA) is 422 Å². The Morgan fingerprint density at radius 2 is 1.32 bits per heavy atom. The molecular formula is C73H113Cl2NO35. The Kier molecular flexibility index (Phi) is 28.0. The van der Waals surface area contributed by atoms with Gasteiger partial charge in [0.1, 0.15) is 89.6 Å². The highest BCUT2D eigenvalue weighted by molar-refractivity contribution is 6.39. The van der Waals surface area contributed by atoms with Gasteiger partial charge in [0.2, 0.25) is 0 Å². The quantitative estimate of drug-likeness (QED) is 0.0399. The Labute approximate surface area is 654 Å². The molecule has 0 amide bonds. The second-order valence-corrected chi connectivity index (χ2v) is 32.4. The molecule has 11 aliphatic heterocycles. The summed E-state index contributed by atoms with van der Waals surface area (Å²) < 4.78 is 160. The number of ether oxygens (including phenoxy) is 26. The van der Waals surface area contributed by atoms with Crippen molar-refractivity contribution in [2.75, 3.05) is 116 Å². The second-order valence-electron chi connectivity index (χ2n) is 31.6. The van der Waals surface area contributed by atoms with E-state index < -0.39 is 234 Å². The van der Waals surface area contributed by atoms with Gasteiger partial charge in [0.05, 0.1) is 139 Å². The van der Waals surface area contributed by atoms with Crippen LogP contribution in [0.1, 0.15) is 97.0 Å². The van der Waals surface area contributed by atoms with Crippen LogP contribution in [0.2, 0.25) is 10.0 Å². The van der Waals surface area contributed by atoms with Crippen LogP contribution in [0.15, 0.2) is 0 Å². The molecule has 38 heteroatoms. The molecule has 0 bridgehead atoms. The third kappa shape index (κ3) is 16.7. The smallest absolute Gasteiger partial charge is 0.342 e. The highest BCUT2D eigenvalue weighted by Crippen LogP contribution is 2.56. The molecule has 11 fully saturated rings. The molecule has 36 unspecified atom stereocenters. The molecule has 634 valence electrons. The van der Waals surface area contributed by atoms with E-state index in [1.54, 1.807) is 41.5 Å². The minimum Gasteiger partial charge on any atom is -0.505 e. The molecule has 1 aromatic carbocycles. The summed E-state index contributed by atoms with van der Waals surface area (Å²) in [5, 5.41) is 82.9.